The predicted octanol–water partition coefficient (Wildman–Crippen LogP) is 6.28. The molecule has 0 heterocycles. The maximum Gasteiger partial charge on any atom is 0.232 e. The Morgan fingerprint density at radius 1 is 1.03 bits per heavy atom. The van der Waals surface area contributed by atoms with Crippen LogP contribution in [-0.4, -0.2) is 27.1 Å². The van der Waals surface area contributed by atoms with E-state index in [2.05, 4.69) is 5.32 Å². The number of rotatable bonds is 9. The summed E-state index contributed by atoms with van der Waals surface area (Å²) in [5, 5.41) is 3.73. The van der Waals surface area contributed by atoms with Gasteiger partial charge in [0.05, 0.1) is 17.6 Å². The first-order valence-corrected chi connectivity index (χ1v) is 12.8. The van der Waals surface area contributed by atoms with Crippen LogP contribution in [0.25, 0.3) is 0 Å². The van der Waals surface area contributed by atoms with Gasteiger partial charge in [-0.05, 0) is 61.4 Å². The number of para-hydroxylation sites is 1. The van der Waals surface area contributed by atoms with Gasteiger partial charge in [0.1, 0.15) is 5.75 Å². The van der Waals surface area contributed by atoms with Crippen molar-refractivity contribution >= 4 is 50.5 Å². The number of nitrogens with one attached hydrogen (secondary N) is 1. The van der Waals surface area contributed by atoms with Crippen LogP contribution in [-0.2, 0) is 14.8 Å². The second kappa shape index (κ2) is 10.9. The molecule has 33 heavy (non-hydrogen) atoms. The van der Waals surface area contributed by atoms with Gasteiger partial charge >= 0.3 is 0 Å². The molecule has 0 saturated heterocycles. The number of ether oxygens (including phenoxy) is 1. The second-order valence-corrected chi connectivity index (χ2v) is 10.2. The second-order valence-electron chi connectivity index (χ2n) is 7.43. The van der Waals surface area contributed by atoms with Gasteiger partial charge < -0.3 is 10.1 Å². The third-order valence-electron chi connectivity index (χ3n) is 4.86. The van der Waals surface area contributed by atoms with Crippen LogP contribution in [0.15, 0.2) is 66.7 Å². The van der Waals surface area contributed by atoms with Crippen molar-refractivity contribution in [2.75, 3.05) is 22.4 Å². The molecule has 1 amide bonds. The van der Waals surface area contributed by atoms with Gasteiger partial charge in [0.25, 0.3) is 0 Å². The van der Waals surface area contributed by atoms with E-state index in [1.165, 1.54) is 4.31 Å². The molecule has 3 rings (SSSR count). The molecule has 6 nitrogen and oxygen atoms in total. The van der Waals surface area contributed by atoms with E-state index in [-0.39, 0.29) is 18.9 Å². The summed E-state index contributed by atoms with van der Waals surface area (Å²) in [6.45, 7) is 1.90. The van der Waals surface area contributed by atoms with Gasteiger partial charge in [-0.2, -0.15) is 0 Å². The molecule has 0 radical (unpaired) electrons. The molecule has 0 unspecified atom stereocenters. The Balaban J connectivity index is 1.67. The summed E-state index contributed by atoms with van der Waals surface area (Å²) < 4.78 is 31.9. The molecule has 0 aliphatic carbocycles. The highest BCUT2D eigenvalue weighted by molar-refractivity contribution is 7.92. The third kappa shape index (κ3) is 6.87. The lowest BCUT2D eigenvalue weighted by Gasteiger charge is -2.24. The lowest BCUT2D eigenvalue weighted by molar-refractivity contribution is -0.116. The summed E-state index contributed by atoms with van der Waals surface area (Å²) >= 11 is 12.3. The summed E-state index contributed by atoms with van der Waals surface area (Å²) in [6, 6.07) is 19.2. The Labute approximate surface area is 204 Å². The lowest BCUT2D eigenvalue weighted by atomic mass is 10.2. The van der Waals surface area contributed by atoms with Gasteiger partial charge in [-0.3, -0.25) is 9.10 Å². The summed E-state index contributed by atoms with van der Waals surface area (Å²) in [5.74, 6) is 0.786. The van der Waals surface area contributed by atoms with Crippen LogP contribution >= 0.6 is 23.2 Å². The molecule has 0 aromatic heterocycles. The summed E-state index contributed by atoms with van der Waals surface area (Å²) in [6.07, 6.45) is 1.54. The van der Waals surface area contributed by atoms with E-state index in [0.29, 0.717) is 44.9 Å². The monoisotopic (exact) mass is 506 g/mol. The van der Waals surface area contributed by atoms with Crippen molar-refractivity contribution in [2.45, 2.75) is 19.8 Å². The maximum absolute atomic E-state index is 12.6. The average molecular weight is 507 g/mol. The molecule has 174 valence electrons. The number of benzene rings is 3. The van der Waals surface area contributed by atoms with Crippen LogP contribution < -0.4 is 14.4 Å². The van der Waals surface area contributed by atoms with Gasteiger partial charge in [0, 0.05) is 23.0 Å². The normalized spacial score (nSPS) is 11.2. The number of nitrogens with zero attached hydrogens (tertiary/aromatic N) is 1. The zero-order valence-electron chi connectivity index (χ0n) is 18.2. The van der Waals surface area contributed by atoms with Crippen LogP contribution in [0.3, 0.4) is 0 Å². The number of amides is 1. The summed E-state index contributed by atoms with van der Waals surface area (Å²) in [7, 11) is -3.56. The Bertz CT molecular complexity index is 1230. The number of sulfonamides is 1. The van der Waals surface area contributed by atoms with Crippen molar-refractivity contribution in [1.82, 2.24) is 0 Å². The minimum atomic E-state index is -3.56. The van der Waals surface area contributed by atoms with Crippen molar-refractivity contribution in [2.24, 2.45) is 0 Å². The molecule has 0 spiro atoms. The number of halogens is 2. The van der Waals surface area contributed by atoms with Gasteiger partial charge in [-0.15, -0.1) is 0 Å². The predicted molar refractivity (Wildman–Crippen MR) is 134 cm³/mol. The number of carbonyl (C=O) groups excluding carboxylic acids is 1. The van der Waals surface area contributed by atoms with E-state index in [0.717, 1.165) is 6.26 Å². The average Bonchev–Trinajstić information content (AvgIpc) is 2.75. The number of carbonyl (C=O) groups is 1. The Kier molecular flexibility index (Phi) is 8.24. The first-order valence-electron chi connectivity index (χ1n) is 10.2. The molecule has 0 bridgehead atoms. The SMILES string of the molecule is Cc1c(Cl)cccc1N(CCCC(=O)Nc1cc(Cl)ccc1Oc1ccccc1)S(C)(=O)=O. The minimum absolute atomic E-state index is 0.100. The standard InChI is InChI=1S/C24H24Cl2N2O4S/c1-17-20(26)10-6-11-22(17)28(33(2,30)31)15-7-12-24(29)27-21-16-18(25)13-14-23(21)32-19-8-4-3-5-9-19/h3-6,8-11,13-14,16H,7,12,15H2,1-2H3,(H,27,29). The largest absolute Gasteiger partial charge is 0.455 e. The fourth-order valence-electron chi connectivity index (χ4n) is 3.23. The topological polar surface area (TPSA) is 75.7 Å². The van der Waals surface area contributed by atoms with Crippen LogP contribution in [0.2, 0.25) is 10.0 Å². The van der Waals surface area contributed by atoms with Gasteiger partial charge in [0.15, 0.2) is 5.75 Å². The molecule has 9 heteroatoms. The van der Waals surface area contributed by atoms with Crippen molar-refractivity contribution in [3.63, 3.8) is 0 Å². The number of hydrogen-bond donors (Lipinski definition) is 1. The molecule has 1 N–H and O–H groups in total. The first kappa shape index (κ1) is 24.9. The zero-order chi connectivity index (χ0) is 24.0. The minimum Gasteiger partial charge on any atom is -0.455 e. The molecular formula is C24H24Cl2N2O4S. The smallest absolute Gasteiger partial charge is 0.232 e. The molecule has 0 aliphatic rings. The van der Waals surface area contributed by atoms with Crippen molar-refractivity contribution in [3.05, 3.63) is 82.3 Å². The van der Waals surface area contributed by atoms with E-state index in [1.54, 1.807) is 55.5 Å². The van der Waals surface area contributed by atoms with E-state index in [1.807, 2.05) is 18.2 Å². The summed E-state index contributed by atoms with van der Waals surface area (Å²) in [5.41, 5.74) is 1.59. The first-order chi connectivity index (χ1) is 15.6. The molecule has 0 fully saturated rings. The fraction of sp³-hybridized carbons (Fsp3) is 0.208. The van der Waals surface area contributed by atoms with Gasteiger partial charge in [-0.1, -0.05) is 47.5 Å². The lowest BCUT2D eigenvalue weighted by Crippen LogP contribution is -2.32. The van der Waals surface area contributed by atoms with Gasteiger partial charge in [-0.25, -0.2) is 8.42 Å². The quantitative estimate of drug-likeness (QED) is 0.370. The highest BCUT2D eigenvalue weighted by Gasteiger charge is 2.20. The highest BCUT2D eigenvalue weighted by atomic mass is 35.5. The third-order valence-corrected chi connectivity index (χ3v) is 6.68. The Hall–Kier alpha value is -2.74. The van der Waals surface area contributed by atoms with Crippen LogP contribution in [0.1, 0.15) is 18.4 Å². The number of anilines is 2. The summed E-state index contributed by atoms with van der Waals surface area (Å²) in [4.78, 5) is 12.6. The molecule has 0 saturated carbocycles. The van der Waals surface area contributed by atoms with Crippen LogP contribution in [0.5, 0.6) is 11.5 Å². The highest BCUT2D eigenvalue weighted by Crippen LogP contribution is 2.32. The Morgan fingerprint density at radius 3 is 2.45 bits per heavy atom. The maximum atomic E-state index is 12.6. The fourth-order valence-corrected chi connectivity index (χ4v) is 4.59. The van der Waals surface area contributed by atoms with Crippen molar-refractivity contribution in [1.29, 1.82) is 0 Å². The van der Waals surface area contributed by atoms with Gasteiger partial charge in [0.2, 0.25) is 15.9 Å². The molecular weight excluding hydrogens is 483 g/mol. The van der Waals surface area contributed by atoms with E-state index in [4.69, 9.17) is 27.9 Å². The molecule has 0 aliphatic heterocycles. The van der Waals surface area contributed by atoms with Crippen LogP contribution in [0.4, 0.5) is 11.4 Å². The molecule has 3 aromatic carbocycles. The Morgan fingerprint density at radius 2 is 1.76 bits per heavy atom. The van der Waals surface area contributed by atoms with Crippen molar-refractivity contribution in [3.8, 4) is 11.5 Å². The van der Waals surface area contributed by atoms with Crippen LogP contribution in [0, 0.1) is 6.92 Å². The van der Waals surface area contributed by atoms with E-state index >= 15 is 0 Å². The molecule has 0 atom stereocenters. The van der Waals surface area contributed by atoms with E-state index < -0.39 is 10.0 Å². The van der Waals surface area contributed by atoms with E-state index in [9.17, 15) is 13.2 Å². The zero-order valence-corrected chi connectivity index (χ0v) is 20.5. The number of hydrogen-bond acceptors (Lipinski definition) is 4. The van der Waals surface area contributed by atoms with Crippen molar-refractivity contribution < 1.29 is 17.9 Å². The molecule has 3 aromatic rings.